The van der Waals surface area contributed by atoms with Gasteiger partial charge in [-0.05, 0) is 36.7 Å². The van der Waals surface area contributed by atoms with Gasteiger partial charge in [0.2, 0.25) is 0 Å². The molecule has 1 aromatic rings. The van der Waals surface area contributed by atoms with Crippen LogP contribution in [0.15, 0.2) is 24.3 Å². The smallest absolute Gasteiger partial charge is 0.251 e. The van der Waals surface area contributed by atoms with Gasteiger partial charge in [0.05, 0.1) is 11.6 Å². The summed E-state index contributed by atoms with van der Waals surface area (Å²) in [5, 5.41) is 11.4. The van der Waals surface area contributed by atoms with Crippen LogP contribution in [0.5, 0.6) is 0 Å². The Labute approximate surface area is 95.1 Å². The van der Waals surface area contributed by atoms with Gasteiger partial charge in [0.1, 0.15) is 0 Å². The molecule has 0 aromatic heterocycles. The van der Waals surface area contributed by atoms with Crippen molar-refractivity contribution in [3.63, 3.8) is 0 Å². The Morgan fingerprint density at radius 2 is 2.12 bits per heavy atom. The highest BCUT2D eigenvalue weighted by molar-refractivity contribution is 5.94. The molecule has 0 saturated heterocycles. The number of amides is 1. The molecule has 0 bridgehead atoms. The molecular weight excluding hydrogens is 202 g/mol. The molecule has 0 spiro atoms. The number of benzene rings is 1. The fourth-order valence-corrected chi connectivity index (χ4v) is 1.15. The number of nitriles is 1. The molecule has 1 aromatic carbocycles. The minimum Gasteiger partial charge on any atom is -0.352 e. The zero-order valence-electron chi connectivity index (χ0n) is 9.23. The Morgan fingerprint density at radius 1 is 1.50 bits per heavy atom. The van der Waals surface area contributed by atoms with Crippen LogP contribution in [0.4, 0.5) is 0 Å². The third-order valence-corrected chi connectivity index (χ3v) is 2.29. The Kier molecular flexibility index (Phi) is 4.49. The van der Waals surface area contributed by atoms with Crippen LogP contribution in [-0.4, -0.2) is 19.0 Å². The summed E-state index contributed by atoms with van der Waals surface area (Å²) in [5.41, 5.74) is 6.55. The lowest BCUT2D eigenvalue weighted by atomic mass is 10.1. The van der Waals surface area contributed by atoms with E-state index in [1.54, 1.807) is 24.3 Å². The summed E-state index contributed by atoms with van der Waals surface area (Å²) in [6.45, 7) is 3.09. The van der Waals surface area contributed by atoms with E-state index in [0.717, 1.165) is 0 Å². The molecule has 4 heteroatoms. The largest absolute Gasteiger partial charge is 0.352 e. The third kappa shape index (κ3) is 3.37. The predicted octanol–water partition coefficient (Wildman–Crippen LogP) is 0.883. The van der Waals surface area contributed by atoms with Gasteiger partial charge in [-0.1, -0.05) is 6.92 Å². The summed E-state index contributed by atoms with van der Waals surface area (Å²) in [6, 6.07) is 8.54. The van der Waals surface area contributed by atoms with E-state index in [2.05, 4.69) is 5.32 Å². The van der Waals surface area contributed by atoms with Gasteiger partial charge >= 0.3 is 0 Å². The zero-order chi connectivity index (χ0) is 12.0. The van der Waals surface area contributed by atoms with Crippen LogP contribution in [-0.2, 0) is 0 Å². The van der Waals surface area contributed by atoms with Crippen molar-refractivity contribution >= 4 is 5.91 Å². The molecule has 84 valence electrons. The molecule has 1 rings (SSSR count). The maximum atomic E-state index is 11.6. The summed E-state index contributed by atoms with van der Waals surface area (Å²) >= 11 is 0. The summed E-state index contributed by atoms with van der Waals surface area (Å²) in [5.74, 6) is 0.132. The number of nitrogens with zero attached hydrogens (tertiary/aromatic N) is 1. The predicted molar refractivity (Wildman–Crippen MR) is 61.7 cm³/mol. The average molecular weight is 217 g/mol. The van der Waals surface area contributed by atoms with E-state index >= 15 is 0 Å². The molecule has 1 amide bonds. The second-order valence-electron chi connectivity index (χ2n) is 3.74. The first-order valence-electron chi connectivity index (χ1n) is 5.15. The monoisotopic (exact) mass is 217 g/mol. The quantitative estimate of drug-likeness (QED) is 0.785. The van der Waals surface area contributed by atoms with Gasteiger partial charge in [0.25, 0.3) is 5.91 Å². The van der Waals surface area contributed by atoms with Crippen molar-refractivity contribution in [1.82, 2.24) is 5.32 Å². The summed E-state index contributed by atoms with van der Waals surface area (Å²) < 4.78 is 0. The van der Waals surface area contributed by atoms with Crippen LogP contribution < -0.4 is 11.1 Å². The van der Waals surface area contributed by atoms with Crippen LogP contribution in [0.3, 0.4) is 0 Å². The van der Waals surface area contributed by atoms with E-state index in [0.29, 0.717) is 24.2 Å². The van der Waals surface area contributed by atoms with E-state index in [-0.39, 0.29) is 11.8 Å². The molecule has 0 saturated carbocycles. The van der Waals surface area contributed by atoms with Gasteiger partial charge in [-0.3, -0.25) is 4.79 Å². The topological polar surface area (TPSA) is 78.9 Å². The summed E-state index contributed by atoms with van der Waals surface area (Å²) in [6.07, 6.45) is 0. The first-order valence-corrected chi connectivity index (χ1v) is 5.15. The molecule has 0 radical (unpaired) electrons. The van der Waals surface area contributed by atoms with Crippen molar-refractivity contribution in [2.45, 2.75) is 6.92 Å². The number of carbonyl (C=O) groups excluding carboxylic acids is 1. The number of rotatable bonds is 4. The Balaban J connectivity index is 2.57. The van der Waals surface area contributed by atoms with E-state index in [1.807, 2.05) is 13.0 Å². The zero-order valence-corrected chi connectivity index (χ0v) is 9.23. The maximum Gasteiger partial charge on any atom is 0.251 e. The van der Waals surface area contributed by atoms with Gasteiger partial charge in [-0.2, -0.15) is 5.26 Å². The van der Waals surface area contributed by atoms with E-state index in [9.17, 15) is 4.79 Å². The van der Waals surface area contributed by atoms with Crippen molar-refractivity contribution in [3.8, 4) is 6.07 Å². The van der Waals surface area contributed by atoms with Gasteiger partial charge < -0.3 is 11.1 Å². The second-order valence-corrected chi connectivity index (χ2v) is 3.74. The molecule has 0 unspecified atom stereocenters. The molecule has 0 fully saturated rings. The molecule has 0 aliphatic rings. The van der Waals surface area contributed by atoms with Gasteiger partial charge in [-0.15, -0.1) is 0 Å². The van der Waals surface area contributed by atoms with Crippen LogP contribution in [0.2, 0.25) is 0 Å². The first-order chi connectivity index (χ1) is 7.67. The highest BCUT2D eigenvalue weighted by Gasteiger charge is 2.06. The molecule has 4 nitrogen and oxygen atoms in total. The summed E-state index contributed by atoms with van der Waals surface area (Å²) in [4.78, 5) is 11.6. The standard InChI is InChI=1S/C12H15N3O/c1-9(6-13)8-15-12(16)11-4-2-10(7-14)3-5-11/h2-5,9H,6,8,13H2,1H3,(H,15,16)/t9-/m0/s1. The normalized spacial score (nSPS) is 11.6. The SMILES string of the molecule is C[C@@H](CN)CNC(=O)c1ccc(C#N)cc1. The molecule has 16 heavy (non-hydrogen) atoms. The van der Waals surface area contributed by atoms with Crippen LogP contribution in [0.1, 0.15) is 22.8 Å². The Morgan fingerprint density at radius 3 is 2.62 bits per heavy atom. The highest BCUT2D eigenvalue weighted by Crippen LogP contribution is 2.03. The lowest BCUT2D eigenvalue weighted by Gasteiger charge is -2.09. The fraction of sp³-hybridized carbons (Fsp3) is 0.333. The van der Waals surface area contributed by atoms with Crippen molar-refractivity contribution in [1.29, 1.82) is 5.26 Å². The number of hydrogen-bond donors (Lipinski definition) is 2. The van der Waals surface area contributed by atoms with Crippen molar-refractivity contribution in [2.24, 2.45) is 11.7 Å². The highest BCUT2D eigenvalue weighted by atomic mass is 16.1. The Hall–Kier alpha value is -1.86. The van der Waals surface area contributed by atoms with Crippen LogP contribution in [0.25, 0.3) is 0 Å². The first kappa shape index (κ1) is 12.2. The second kappa shape index (κ2) is 5.89. The fourth-order valence-electron chi connectivity index (χ4n) is 1.15. The van der Waals surface area contributed by atoms with Crippen LogP contribution >= 0.6 is 0 Å². The number of nitrogens with one attached hydrogen (secondary N) is 1. The van der Waals surface area contributed by atoms with Crippen molar-refractivity contribution in [2.75, 3.05) is 13.1 Å². The lowest BCUT2D eigenvalue weighted by molar-refractivity contribution is 0.0948. The van der Waals surface area contributed by atoms with Gasteiger partial charge in [-0.25, -0.2) is 0 Å². The van der Waals surface area contributed by atoms with E-state index in [1.165, 1.54) is 0 Å². The minimum atomic E-state index is -0.134. The lowest BCUT2D eigenvalue weighted by Crippen LogP contribution is -2.31. The molecular formula is C12H15N3O. The molecule has 1 atom stereocenters. The minimum absolute atomic E-state index is 0.134. The number of nitrogens with two attached hydrogens (primary N) is 1. The number of hydrogen-bond acceptors (Lipinski definition) is 3. The van der Waals surface area contributed by atoms with E-state index in [4.69, 9.17) is 11.0 Å². The maximum absolute atomic E-state index is 11.6. The molecule has 3 N–H and O–H groups in total. The third-order valence-electron chi connectivity index (χ3n) is 2.29. The summed E-state index contributed by atoms with van der Waals surface area (Å²) in [7, 11) is 0. The van der Waals surface area contributed by atoms with E-state index < -0.39 is 0 Å². The Bertz CT molecular complexity index is 392. The van der Waals surface area contributed by atoms with Gasteiger partial charge in [0, 0.05) is 12.1 Å². The van der Waals surface area contributed by atoms with Gasteiger partial charge in [0.15, 0.2) is 0 Å². The number of carbonyl (C=O) groups is 1. The van der Waals surface area contributed by atoms with Crippen molar-refractivity contribution < 1.29 is 4.79 Å². The molecule has 0 aliphatic heterocycles. The molecule has 0 aliphatic carbocycles. The average Bonchev–Trinajstić information content (AvgIpc) is 2.35. The van der Waals surface area contributed by atoms with Crippen molar-refractivity contribution in [3.05, 3.63) is 35.4 Å². The molecule has 0 heterocycles. The van der Waals surface area contributed by atoms with Crippen LogP contribution in [0, 0.1) is 17.2 Å².